The molecule has 0 saturated heterocycles. The summed E-state index contributed by atoms with van der Waals surface area (Å²) in [5.41, 5.74) is 10.2. The quantitative estimate of drug-likeness (QED) is 0.178. The number of carboxylic acid groups (broad SMARTS) is 1. The molecule has 0 saturated carbocycles. The lowest BCUT2D eigenvalue weighted by molar-refractivity contribution is -0.139. The number of nitrogens with zero attached hydrogens (tertiary/aromatic N) is 2. The smallest absolute Gasteiger partial charge is 0.320 e. The Hall–Kier alpha value is -1.81. The molecule has 84 valence electrons. The molecule has 0 fully saturated rings. The first-order valence-electron chi connectivity index (χ1n) is 4.46. The molecule has 0 radical (unpaired) electrons. The summed E-state index contributed by atoms with van der Waals surface area (Å²) >= 11 is 0. The van der Waals surface area contributed by atoms with Gasteiger partial charge < -0.3 is 16.6 Å². The molecule has 15 heavy (non-hydrogen) atoms. The standard InChI is InChI=1S/C8H15N5O2/c9-3-5-12-6(7(14)15)2-1-4-13-8(10)11/h6,12H,1-2,4-5H2,(H,14,15)(H4,10,11,13)/t6-/m0/s1. The highest BCUT2D eigenvalue weighted by molar-refractivity contribution is 5.75. The Morgan fingerprint density at radius 1 is 1.60 bits per heavy atom. The number of hydrogen-bond donors (Lipinski definition) is 4. The van der Waals surface area contributed by atoms with Gasteiger partial charge in [0, 0.05) is 6.54 Å². The van der Waals surface area contributed by atoms with Crippen LogP contribution in [0.1, 0.15) is 12.8 Å². The van der Waals surface area contributed by atoms with Gasteiger partial charge in [0.15, 0.2) is 5.96 Å². The van der Waals surface area contributed by atoms with Gasteiger partial charge in [0.05, 0.1) is 12.6 Å². The third kappa shape index (κ3) is 7.28. The molecule has 0 heterocycles. The van der Waals surface area contributed by atoms with Crippen molar-refractivity contribution in [2.75, 3.05) is 13.1 Å². The average Bonchev–Trinajstić information content (AvgIpc) is 2.15. The molecule has 0 unspecified atom stereocenters. The van der Waals surface area contributed by atoms with Gasteiger partial charge in [-0.15, -0.1) is 0 Å². The van der Waals surface area contributed by atoms with E-state index in [1.54, 1.807) is 0 Å². The second-order valence-electron chi connectivity index (χ2n) is 2.88. The third-order valence-electron chi connectivity index (χ3n) is 1.67. The topological polar surface area (TPSA) is 138 Å². The molecule has 0 aromatic carbocycles. The lowest BCUT2D eigenvalue weighted by atomic mass is 10.1. The lowest BCUT2D eigenvalue weighted by Crippen LogP contribution is -2.37. The summed E-state index contributed by atoms with van der Waals surface area (Å²) in [6.45, 7) is 0.402. The van der Waals surface area contributed by atoms with Crippen molar-refractivity contribution in [3.05, 3.63) is 0 Å². The summed E-state index contributed by atoms with van der Waals surface area (Å²) in [5.74, 6) is -0.984. The molecule has 6 N–H and O–H groups in total. The van der Waals surface area contributed by atoms with E-state index in [0.717, 1.165) is 0 Å². The van der Waals surface area contributed by atoms with Crippen molar-refractivity contribution in [1.82, 2.24) is 5.32 Å². The highest BCUT2D eigenvalue weighted by atomic mass is 16.4. The van der Waals surface area contributed by atoms with Gasteiger partial charge >= 0.3 is 5.97 Å². The molecule has 7 nitrogen and oxygen atoms in total. The van der Waals surface area contributed by atoms with Crippen LogP contribution in [0, 0.1) is 11.3 Å². The number of hydrogen-bond acceptors (Lipinski definition) is 4. The van der Waals surface area contributed by atoms with E-state index in [1.165, 1.54) is 0 Å². The van der Waals surface area contributed by atoms with Crippen LogP contribution in [0.25, 0.3) is 0 Å². The first-order valence-corrected chi connectivity index (χ1v) is 4.46. The monoisotopic (exact) mass is 213 g/mol. The molecular formula is C8H15N5O2. The maximum atomic E-state index is 10.7. The first kappa shape index (κ1) is 13.2. The second kappa shape index (κ2) is 7.58. The minimum absolute atomic E-state index is 0.00754. The van der Waals surface area contributed by atoms with Gasteiger partial charge in [0.2, 0.25) is 0 Å². The minimum atomic E-state index is -0.977. The summed E-state index contributed by atoms with van der Waals surface area (Å²) in [4.78, 5) is 14.4. The molecule has 1 atom stereocenters. The van der Waals surface area contributed by atoms with Gasteiger partial charge in [-0.1, -0.05) is 0 Å². The Morgan fingerprint density at radius 3 is 2.73 bits per heavy atom. The number of carboxylic acids is 1. The van der Waals surface area contributed by atoms with Gasteiger partial charge in [0.25, 0.3) is 0 Å². The molecule has 0 spiro atoms. The van der Waals surface area contributed by atoms with E-state index in [0.29, 0.717) is 19.4 Å². The molecular weight excluding hydrogens is 198 g/mol. The van der Waals surface area contributed by atoms with E-state index < -0.39 is 12.0 Å². The van der Waals surface area contributed by atoms with Gasteiger partial charge in [-0.2, -0.15) is 5.26 Å². The molecule has 7 heteroatoms. The maximum absolute atomic E-state index is 10.7. The van der Waals surface area contributed by atoms with Crippen LogP contribution in [-0.2, 0) is 4.79 Å². The zero-order chi connectivity index (χ0) is 11.7. The van der Waals surface area contributed by atoms with E-state index >= 15 is 0 Å². The Kier molecular flexibility index (Phi) is 6.67. The van der Waals surface area contributed by atoms with E-state index in [4.69, 9.17) is 21.8 Å². The van der Waals surface area contributed by atoms with Crippen molar-refractivity contribution in [1.29, 1.82) is 5.26 Å². The van der Waals surface area contributed by atoms with Gasteiger partial charge in [0.1, 0.15) is 6.04 Å². The molecule has 0 amide bonds. The van der Waals surface area contributed by atoms with Crippen LogP contribution in [0.3, 0.4) is 0 Å². The highest BCUT2D eigenvalue weighted by Crippen LogP contribution is 1.97. The minimum Gasteiger partial charge on any atom is -0.480 e. The Bertz CT molecular complexity index is 267. The fraction of sp³-hybridized carbons (Fsp3) is 0.625. The molecule has 0 aliphatic heterocycles. The average molecular weight is 213 g/mol. The predicted octanol–water partition coefficient (Wildman–Crippen LogP) is -1.39. The normalized spacial score (nSPS) is 11.4. The van der Waals surface area contributed by atoms with Crippen molar-refractivity contribution in [2.24, 2.45) is 16.5 Å². The van der Waals surface area contributed by atoms with Crippen LogP contribution in [0.2, 0.25) is 0 Å². The highest BCUT2D eigenvalue weighted by Gasteiger charge is 2.15. The van der Waals surface area contributed by atoms with Crippen LogP contribution in [0.5, 0.6) is 0 Å². The molecule has 0 aliphatic rings. The Labute approximate surface area is 87.8 Å². The fourth-order valence-corrected chi connectivity index (χ4v) is 0.985. The maximum Gasteiger partial charge on any atom is 0.320 e. The van der Waals surface area contributed by atoms with Crippen molar-refractivity contribution in [3.63, 3.8) is 0 Å². The fourth-order valence-electron chi connectivity index (χ4n) is 0.985. The SMILES string of the molecule is N#CCN[C@@H](CCCN=C(N)N)C(=O)O. The van der Waals surface area contributed by atoms with Crippen LogP contribution in [0.15, 0.2) is 4.99 Å². The summed E-state index contributed by atoms with van der Waals surface area (Å²) in [6.07, 6.45) is 0.932. The first-order chi connectivity index (χ1) is 7.07. The van der Waals surface area contributed by atoms with E-state index in [-0.39, 0.29) is 12.5 Å². The number of rotatable bonds is 7. The van der Waals surface area contributed by atoms with Crippen LogP contribution < -0.4 is 16.8 Å². The van der Waals surface area contributed by atoms with Gasteiger partial charge in [-0.25, -0.2) is 0 Å². The zero-order valence-corrected chi connectivity index (χ0v) is 8.31. The molecule has 0 aromatic heterocycles. The number of aliphatic imine (C=N–C) groups is 1. The van der Waals surface area contributed by atoms with Crippen LogP contribution >= 0.6 is 0 Å². The zero-order valence-electron chi connectivity index (χ0n) is 8.31. The summed E-state index contributed by atoms with van der Waals surface area (Å²) in [5, 5.41) is 19.6. The van der Waals surface area contributed by atoms with Crippen LogP contribution in [0.4, 0.5) is 0 Å². The van der Waals surface area contributed by atoms with Crippen molar-refractivity contribution in [2.45, 2.75) is 18.9 Å². The third-order valence-corrected chi connectivity index (χ3v) is 1.67. The molecule has 0 aromatic rings. The molecule has 0 aliphatic carbocycles. The van der Waals surface area contributed by atoms with Crippen molar-refractivity contribution in [3.8, 4) is 6.07 Å². The number of aliphatic carboxylic acids is 1. The van der Waals surface area contributed by atoms with E-state index in [1.807, 2.05) is 6.07 Å². The number of guanidine groups is 1. The number of nitriles is 1. The van der Waals surface area contributed by atoms with Gasteiger partial charge in [-0.05, 0) is 12.8 Å². The summed E-state index contributed by atoms with van der Waals surface area (Å²) in [7, 11) is 0. The van der Waals surface area contributed by atoms with E-state index in [9.17, 15) is 4.79 Å². The molecule has 0 rings (SSSR count). The second-order valence-corrected chi connectivity index (χ2v) is 2.88. The van der Waals surface area contributed by atoms with Crippen molar-refractivity contribution < 1.29 is 9.90 Å². The Balaban J connectivity index is 3.82. The largest absolute Gasteiger partial charge is 0.480 e. The van der Waals surface area contributed by atoms with Crippen molar-refractivity contribution >= 4 is 11.9 Å². The summed E-state index contributed by atoms with van der Waals surface area (Å²) < 4.78 is 0. The lowest BCUT2D eigenvalue weighted by Gasteiger charge is -2.10. The Morgan fingerprint density at radius 2 is 2.27 bits per heavy atom. The molecule has 0 bridgehead atoms. The van der Waals surface area contributed by atoms with E-state index in [2.05, 4.69) is 10.3 Å². The van der Waals surface area contributed by atoms with Gasteiger partial charge in [-0.3, -0.25) is 15.1 Å². The number of carbonyl (C=O) groups is 1. The number of nitrogens with two attached hydrogens (primary N) is 2. The predicted molar refractivity (Wildman–Crippen MR) is 55.0 cm³/mol. The number of nitrogens with one attached hydrogen (secondary N) is 1. The van der Waals surface area contributed by atoms with Crippen LogP contribution in [-0.4, -0.2) is 36.2 Å². The summed E-state index contributed by atoms with van der Waals surface area (Å²) in [6, 6.07) is 1.10.